The number of ether oxygens (including phenoxy) is 1. The van der Waals surface area contributed by atoms with Crippen molar-refractivity contribution in [1.29, 1.82) is 0 Å². The molecule has 0 saturated carbocycles. The monoisotopic (exact) mass is 195 g/mol. The lowest BCUT2D eigenvalue weighted by molar-refractivity contribution is 0.177. The Labute approximate surface area is 84.3 Å². The highest BCUT2D eigenvalue weighted by molar-refractivity contribution is 5.07. The van der Waals surface area contributed by atoms with Gasteiger partial charge in [0.25, 0.3) is 0 Å². The quantitative estimate of drug-likeness (QED) is 0.772. The highest BCUT2D eigenvalue weighted by Crippen LogP contribution is 2.27. The van der Waals surface area contributed by atoms with E-state index in [4.69, 9.17) is 4.74 Å². The molecule has 4 nitrogen and oxygen atoms in total. The van der Waals surface area contributed by atoms with Gasteiger partial charge in [0.1, 0.15) is 0 Å². The summed E-state index contributed by atoms with van der Waals surface area (Å²) in [4.78, 5) is 0. The molecule has 2 atom stereocenters. The Morgan fingerprint density at radius 1 is 1.71 bits per heavy atom. The Bertz CT molecular complexity index is 291. The smallest absolute Gasteiger partial charge is 0.0797 e. The molecule has 0 amide bonds. The van der Waals surface area contributed by atoms with Crippen LogP contribution in [0.3, 0.4) is 0 Å². The Morgan fingerprint density at radius 2 is 2.57 bits per heavy atom. The summed E-state index contributed by atoms with van der Waals surface area (Å²) >= 11 is 0. The third kappa shape index (κ3) is 1.81. The number of aryl methyl sites for hydroxylation is 1. The SMILES string of the molecule is CNC(c1ccn(C)n1)C1CCOC1. The number of aromatic nitrogens is 2. The van der Waals surface area contributed by atoms with Gasteiger partial charge in [-0.3, -0.25) is 4.68 Å². The van der Waals surface area contributed by atoms with E-state index in [1.54, 1.807) is 0 Å². The fourth-order valence-corrected chi connectivity index (χ4v) is 2.04. The van der Waals surface area contributed by atoms with Crippen LogP contribution in [0.2, 0.25) is 0 Å². The first-order chi connectivity index (χ1) is 6.81. The standard InChI is InChI=1S/C10H17N3O/c1-11-10(8-4-6-14-7-8)9-3-5-13(2)12-9/h3,5,8,10-11H,4,6-7H2,1-2H3. The average molecular weight is 195 g/mol. The van der Waals surface area contributed by atoms with Crippen molar-refractivity contribution in [2.24, 2.45) is 13.0 Å². The molecule has 2 unspecified atom stereocenters. The van der Waals surface area contributed by atoms with E-state index in [0.717, 1.165) is 25.3 Å². The summed E-state index contributed by atoms with van der Waals surface area (Å²) in [5.74, 6) is 0.565. The van der Waals surface area contributed by atoms with E-state index < -0.39 is 0 Å². The molecule has 0 spiro atoms. The third-order valence-corrected chi connectivity index (χ3v) is 2.80. The maximum Gasteiger partial charge on any atom is 0.0797 e. The molecule has 78 valence electrons. The minimum atomic E-state index is 0.332. The van der Waals surface area contributed by atoms with Gasteiger partial charge in [0.2, 0.25) is 0 Å². The zero-order chi connectivity index (χ0) is 9.97. The van der Waals surface area contributed by atoms with Crippen LogP contribution in [-0.2, 0) is 11.8 Å². The Balaban J connectivity index is 2.12. The van der Waals surface area contributed by atoms with Crippen molar-refractivity contribution in [3.8, 4) is 0 Å². The summed E-state index contributed by atoms with van der Waals surface area (Å²) in [5.41, 5.74) is 1.12. The molecule has 1 aliphatic heterocycles. The zero-order valence-corrected chi connectivity index (χ0v) is 8.73. The van der Waals surface area contributed by atoms with E-state index in [0.29, 0.717) is 12.0 Å². The highest BCUT2D eigenvalue weighted by atomic mass is 16.5. The first-order valence-electron chi connectivity index (χ1n) is 5.06. The van der Waals surface area contributed by atoms with E-state index in [9.17, 15) is 0 Å². The molecular formula is C10H17N3O. The summed E-state index contributed by atoms with van der Waals surface area (Å²) in [6.07, 6.45) is 3.11. The van der Waals surface area contributed by atoms with Gasteiger partial charge in [-0.05, 0) is 19.5 Å². The Morgan fingerprint density at radius 3 is 3.07 bits per heavy atom. The van der Waals surface area contributed by atoms with Crippen LogP contribution in [0.15, 0.2) is 12.3 Å². The van der Waals surface area contributed by atoms with Crippen molar-refractivity contribution in [2.45, 2.75) is 12.5 Å². The number of hydrogen-bond donors (Lipinski definition) is 1. The first-order valence-corrected chi connectivity index (χ1v) is 5.06. The topological polar surface area (TPSA) is 39.1 Å². The van der Waals surface area contributed by atoms with Crippen molar-refractivity contribution in [3.63, 3.8) is 0 Å². The van der Waals surface area contributed by atoms with Gasteiger partial charge in [-0.15, -0.1) is 0 Å². The van der Waals surface area contributed by atoms with Gasteiger partial charge in [-0.2, -0.15) is 5.10 Å². The van der Waals surface area contributed by atoms with Crippen LogP contribution in [0.25, 0.3) is 0 Å². The molecule has 0 bridgehead atoms. The fourth-order valence-electron chi connectivity index (χ4n) is 2.04. The number of hydrogen-bond acceptors (Lipinski definition) is 3. The van der Waals surface area contributed by atoms with Crippen LogP contribution in [0.4, 0.5) is 0 Å². The van der Waals surface area contributed by atoms with E-state index in [1.807, 2.05) is 25.0 Å². The number of nitrogens with one attached hydrogen (secondary N) is 1. The first kappa shape index (κ1) is 9.68. The second kappa shape index (κ2) is 4.11. The predicted octanol–water partition coefficient (Wildman–Crippen LogP) is 0.717. The molecular weight excluding hydrogens is 178 g/mol. The van der Waals surface area contributed by atoms with E-state index in [1.165, 1.54) is 0 Å². The number of nitrogens with zero attached hydrogens (tertiary/aromatic N) is 2. The molecule has 1 aromatic heterocycles. The Hall–Kier alpha value is -0.870. The molecule has 1 aliphatic rings. The lowest BCUT2D eigenvalue weighted by atomic mass is 9.96. The molecule has 1 aromatic rings. The molecule has 1 saturated heterocycles. The molecule has 1 N–H and O–H groups in total. The van der Waals surface area contributed by atoms with Gasteiger partial charge in [0.15, 0.2) is 0 Å². The van der Waals surface area contributed by atoms with Gasteiger partial charge in [0.05, 0.1) is 18.3 Å². The van der Waals surface area contributed by atoms with E-state index in [-0.39, 0.29) is 0 Å². The van der Waals surface area contributed by atoms with Crippen LogP contribution in [0.1, 0.15) is 18.2 Å². The third-order valence-electron chi connectivity index (χ3n) is 2.80. The van der Waals surface area contributed by atoms with E-state index >= 15 is 0 Å². The van der Waals surface area contributed by atoms with Crippen LogP contribution >= 0.6 is 0 Å². The highest BCUT2D eigenvalue weighted by Gasteiger charge is 2.27. The van der Waals surface area contributed by atoms with Gasteiger partial charge in [-0.25, -0.2) is 0 Å². The molecule has 0 aliphatic carbocycles. The van der Waals surface area contributed by atoms with Crippen LogP contribution in [0, 0.1) is 5.92 Å². The van der Waals surface area contributed by atoms with Gasteiger partial charge in [-0.1, -0.05) is 0 Å². The number of rotatable bonds is 3. The maximum absolute atomic E-state index is 5.39. The van der Waals surface area contributed by atoms with Crippen molar-refractivity contribution in [1.82, 2.24) is 15.1 Å². The van der Waals surface area contributed by atoms with Crippen molar-refractivity contribution < 1.29 is 4.74 Å². The second-order valence-electron chi connectivity index (χ2n) is 3.80. The summed E-state index contributed by atoms with van der Waals surface area (Å²) in [6, 6.07) is 2.40. The molecule has 2 heterocycles. The van der Waals surface area contributed by atoms with Crippen LogP contribution < -0.4 is 5.32 Å². The minimum absolute atomic E-state index is 0.332. The lowest BCUT2D eigenvalue weighted by Gasteiger charge is -2.19. The zero-order valence-electron chi connectivity index (χ0n) is 8.73. The summed E-state index contributed by atoms with van der Waals surface area (Å²) in [5, 5.41) is 7.74. The summed E-state index contributed by atoms with van der Waals surface area (Å²) in [6.45, 7) is 1.73. The van der Waals surface area contributed by atoms with Crippen LogP contribution in [0.5, 0.6) is 0 Å². The van der Waals surface area contributed by atoms with Gasteiger partial charge in [0, 0.05) is 25.8 Å². The van der Waals surface area contributed by atoms with Crippen LogP contribution in [-0.4, -0.2) is 30.0 Å². The second-order valence-corrected chi connectivity index (χ2v) is 3.80. The molecule has 2 rings (SSSR count). The summed E-state index contributed by atoms with van der Waals surface area (Å²) < 4.78 is 7.24. The fraction of sp³-hybridized carbons (Fsp3) is 0.700. The molecule has 1 fully saturated rings. The molecule has 0 radical (unpaired) electrons. The average Bonchev–Trinajstić information content (AvgIpc) is 2.79. The normalized spacial score (nSPS) is 24.0. The lowest BCUT2D eigenvalue weighted by Crippen LogP contribution is -2.26. The van der Waals surface area contributed by atoms with E-state index in [2.05, 4.69) is 16.5 Å². The minimum Gasteiger partial charge on any atom is -0.381 e. The van der Waals surface area contributed by atoms with Crippen molar-refractivity contribution >= 4 is 0 Å². The largest absolute Gasteiger partial charge is 0.381 e. The van der Waals surface area contributed by atoms with Crippen molar-refractivity contribution in [3.05, 3.63) is 18.0 Å². The van der Waals surface area contributed by atoms with Gasteiger partial charge >= 0.3 is 0 Å². The maximum atomic E-state index is 5.39. The predicted molar refractivity (Wildman–Crippen MR) is 53.9 cm³/mol. The molecule has 4 heteroatoms. The molecule has 0 aromatic carbocycles. The molecule has 14 heavy (non-hydrogen) atoms. The van der Waals surface area contributed by atoms with Crippen molar-refractivity contribution in [2.75, 3.05) is 20.3 Å². The van der Waals surface area contributed by atoms with Gasteiger partial charge < -0.3 is 10.1 Å². The Kier molecular flexibility index (Phi) is 2.84. The summed E-state index contributed by atoms with van der Waals surface area (Å²) in [7, 11) is 3.93.